The number of hydrogen-bond donors (Lipinski definition) is 4. The van der Waals surface area contributed by atoms with E-state index in [1.807, 2.05) is 48.5 Å². The van der Waals surface area contributed by atoms with Gasteiger partial charge in [0.15, 0.2) is 0 Å². The van der Waals surface area contributed by atoms with Gasteiger partial charge in [-0.1, -0.05) is 36.4 Å². The van der Waals surface area contributed by atoms with E-state index in [-0.39, 0.29) is 11.5 Å². The van der Waals surface area contributed by atoms with Crippen LogP contribution in [0.2, 0.25) is 0 Å². The molecule has 0 aliphatic heterocycles. The van der Waals surface area contributed by atoms with Crippen LogP contribution in [0.3, 0.4) is 0 Å². The summed E-state index contributed by atoms with van der Waals surface area (Å²) in [6.45, 7) is 0. The van der Waals surface area contributed by atoms with Crippen molar-refractivity contribution in [2.24, 2.45) is 0 Å². The Balaban J connectivity index is 0.000000141. The van der Waals surface area contributed by atoms with E-state index >= 15 is 0 Å². The molecule has 0 unspecified atom stereocenters. The molecule has 0 saturated carbocycles. The van der Waals surface area contributed by atoms with Crippen LogP contribution < -0.4 is 11.5 Å². The molecule has 0 radical (unpaired) electrons. The smallest absolute Gasteiger partial charge is 0.116 e. The molecule has 0 aliphatic carbocycles. The summed E-state index contributed by atoms with van der Waals surface area (Å²) in [5.74, 6) is 0.501. The summed E-state index contributed by atoms with van der Waals surface area (Å²) in [6.07, 6.45) is 0. The Kier molecular flexibility index (Phi) is 4.12. The van der Waals surface area contributed by atoms with Crippen LogP contribution >= 0.6 is 0 Å². The summed E-state index contributed by atoms with van der Waals surface area (Å²) < 4.78 is 0. The minimum atomic E-state index is 0.250. The van der Waals surface area contributed by atoms with Crippen LogP contribution in [0.25, 0.3) is 21.5 Å². The monoisotopic (exact) mass is 318 g/mol. The number of hydrogen-bond acceptors (Lipinski definition) is 4. The zero-order valence-corrected chi connectivity index (χ0v) is 13.0. The second-order valence-corrected chi connectivity index (χ2v) is 5.51. The van der Waals surface area contributed by atoms with Crippen LogP contribution in [-0.2, 0) is 0 Å². The fourth-order valence-corrected chi connectivity index (χ4v) is 2.57. The summed E-state index contributed by atoms with van der Waals surface area (Å²) in [6, 6.07) is 21.7. The average Bonchev–Trinajstić information content (AvgIpc) is 2.57. The van der Waals surface area contributed by atoms with Crippen molar-refractivity contribution in [3.63, 3.8) is 0 Å². The van der Waals surface area contributed by atoms with Crippen molar-refractivity contribution in [2.45, 2.75) is 0 Å². The third-order valence-corrected chi connectivity index (χ3v) is 3.80. The molecule has 24 heavy (non-hydrogen) atoms. The lowest BCUT2D eigenvalue weighted by Gasteiger charge is -2.01. The topological polar surface area (TPSA) is 92.5 Å². The summed E-state index contributed by atoms with van der Waals surface area (Å²) >= 11 is 0. The van der Waals surface area contributed by atoms with Gasteiger partial charge in [0, 0.05) is 22.1 Å². The first-order valence-electron chi connectivity index (χ1n) is 7.49. The Hall–Kier alpha value is -3.40. The summed E-state index contributed by atoms with van der Waals surface area (Å²) in [4.78, 5) is 0. The maximum atomic E-state index is 9.20. The number of aromatic hydroxyl groups is 2. The lowest BCUT2D eigenvalue weighted by Crippen LogP contribution is -1.85. The van der Waals surface area contributed by atoms with Crippen molar-refractivity contribution in [1.82, 2.24) is 0 Å². The molecule has 4 aromatic rings. The molecular formula is C20H18N2O2. The first-order valence-corrected chi connectivity index (χ1v) is 7.49. The highest BCUT2D eigenvalue weighted by Gasteiger charge is 1.98. The Bertz CT molecular complexity index is 929. The molecule has 0 amide bonds. The summed E-state index contributed by atoms with van der Waals surface area (Å²) in [5.41, 5.74) is 12.8. The Morgan fingerprint density at radius 2 is 0.958 bits per heavy atom. The van der Waals surface area contributed by atoms with Gasteiger partial charge in [-0.05, 0) is 47.2 Å². The van der Waals surface area contributed by atoms with Crippen molar-refractivity contribution < 1.29 is 10.2 Å². The molecule has 0 spiro atoms. The van der Waals surface area contributed by atoms with Crippen molar-refractivity contribution in [3.05, 3.63) is 72.8 Å². The Labute approximate surface area is 139 Å². The molecule has 0 heterocycles. The number of fused-ring (bicyclic) bond motifs is 2. The third-order valence-electron chi connectivity index (χ3n) is 3.80. The van der Waals surface area contributed by atoms with E-state index in [4.69, 9.17) is 11.5 Å². The van der Waals surface area contributed by atoms with Gasteiger partial charge >= 0.3 is 0 Å². The second kappa shape index (κ2) is 6.38. The van der Waals surface area contributed by atoms with E-state index in [0.29, 0.717) is 11.4 Å². The molecule has 0 aliphatic rings. The molecule has 0 atom stereocenters. The standard InChI is InChI=1S/2C10H9NO/c2*11-10-3-1-2-7-4-5-8(12)6-9(7)10/h2*1-6,12H,11H2. The molecule has 0 saturated heterocycles. The molecule has 120 valence electrons. The fraction of sp³-hybridized carbons (Fsp3) is 0. The molecule has 0 fully saturated rings. The van der Waals surface area contributed by atoms with E-state index in [1.165, 1.54) is 0 Å². The number of benzene rings is 4. The zero-order valence-electron chi connectivity index (χ0n) is 13.0. The number of nitrogen functional groups attached to an aromatic ring is 2. The van der Waals surface area contributed by atoms with Crippen molar-refractivity contribution >= 4 is 32.9 Å². The molecular weight excluding hydrogens is 300 g/mol. The van der Waals surface area contributed by atoms with Crippen LogP contribution in [0.1, 0.15) is 0 Å². The Morgan fingerprint density at radius 3 is 1.38 bits per heavy atom. The number of phenols is 2. The summed E-state index contributed by atoms with van der Waals surface area (Å²) in [7, 11) is 0. The molecule has 4 heteroatoms. The highest BCUT2D eigenvalue weighted by molar-refractivity contribution is 5.94. The SMILES string of the molecule is Nc1cccc2ccc(O)cc12.Nc1cccc2ccc(O)cc12. The van der Waals surface area contributed by atoms with Gasteiger partial charge in [0.1, 0.15) is 11.5 Å². The van der Waals surface area contributed by atoms with E-state index in [1.54, 1.807) is 24.3 Å². The quantitative estimate of drug-likeness (QED) is 0.365. The molecule has 0 aromatic heterocycles. The number of rotatable bonds is 0. The van der Waals surface area contributed by atoms with Crippen LogP contribution in [0.5, 0.6) is 11.5 Å². The Morgan fingerprint density at radius 1 is 0.542 bits per heavy atom. The maximum Gasteiger partial charge on any atom is 0.116 e. The minimum absolute atomic E-state index is 0.250. The normalized spacial score (nSPS) is 10.3. The summed E-state index contributed by atoms with van der Waals surface area (Å²) in [5, 5.41) is 22.3. The van der Waals surface area contributed by atoms with Gasteiger partial charge in [0.25, 0.3) is 0 Å². The molecule has 4 nitrogen and oxygen atoms in total. The predicted octanol–water partition coefficient (Wildman–Crippen LogP) is 4.26. The fourth-order valence-electron chi connectivity index (χ4n) is 2.57. The molecule has 6 N–H and O–H groups in total. The van der Waals surface area contributed by atoms with Gasteiger partial charge in [-0.25, -0.2) is 0 Å². The third kappa shape index (κ3) is 3.17. The van der Waals surface area contributed by atoms with Gasteiger partial charge in [0.2, 0.25) is 0 Å². The van der Waals surface area contributed by atoms with Crippen molar-refractivity contribution in [3.8, 4) is 11.5 Å². The van der Waals surface area contributed by atoms with Crippen molar-refractivity contribution in [1.29, 1.82) is 0 Å². The largest absolute Gasteiger partial charge is 0.508 e. The second-order valence-electron chi connectivity index (χ2n) is 5.51. The highest BCUT2D eigenvalue weighted by Crippen LogP contribution is 2.25. The first kappa shape index (κ1) is 15.5. The van der Waals surface area contributed by atoms with Crippen LogP contribution in [0.4, 0.5) is 11.4 Å². The maximum absolute atomic E-state index is 9.20. The van der Waals surface area contributed by atoms with Gasteiger partial charge in [0.05, 0.1) is 0 Å². The lowest BCUT2D eigenvalue weighted by atomic mass is 10.1. The zero-order chi connectivity index (χ0) is 17.1. The van der Waals surface area contributed by atoms with Crippen LogP contribution in [0.15, 0.2) is 72.8 Å². The van der Waals surface area contributed by atoms with Crippen molar-refractivity contribution in [2.75, 3.05) is 11.5 Å². The van der Waals surface area contributed by atoms with E-state index in [0.717, 1.165) is 21.5 Å². The molecule has 4 aromatic carbocycles. The lowest BCUT2D eigenvalue weighted by molar-refractivity contribution is 0.475. The predicted molar refractivity (Wildman–Crippen MR) is 100 cm³/mol. The van der Waals surface area contributed by atoms with E-state index in [9.17, 15) is 10.2 Å². The minimum Gasteiger partial charge on any atom is -0.508 e. The highest BCUT2D eigenvalue weighted by atomic mass is 16.3. The molecule has 4 rings (SSSR count). The van der Waals surface area contributed by atoms with Gasteiger partial charge in [-0.3, -0.25) is 0 Å². The van der Waals surface area contributed by atoms with Gasteiger partial charge in [-0.2, -0.15) is 0 Å². The van der Waals surface area contributed by atoms with Gasteiger partial charge < -0.3 is 21.7 Å². The molecule has 0 bridgehead atoms. The van der Waals surface area contributed by atoms with Gasteiger partial charge in [-0.15, -0.1) is 0 Å². The first-order chi connectivity index (χ1) is 11.5. The number of anilines is 2. The van der Waals surface area contributed by atoms with E-state index in [2.05, 4.69) is 0 Å². The number of nitrogens with two attached hydrogens (primary N) is 2. The average molecular weight is 318 g/mol. The van der Waals surface area contributed by atoms with E-state index < -0.39 is 0 Å². The van der Waals surface area contributed by atoms with Crippen LogP contribution in [-0.4, -0.2) is 10.2 Å². The number of phenolic OH excluding ortho intramolecular Hbond substituents is 2. The van der Waals surface area contributed by atoms with Crippen LogP contribution in [0, 0.1) is 0 Å².